The Morgan fingerprint density at radius 2 is 2.22 bits per heavy atom. The number of anilines is 2. The molecule has 0 fully saturated rings. The van der Waals surface area contributed by atoms with Crippen LogP contribution in [0.4, 0.5) is 10.8 Å². The molecule has 0 amide bonds. The molecule has 18 heavy (non-hydrogen) atoms. The number of carbonyl (C=O) groups is 1. The van der Waals surface area contributed by atoms with Crippen molar-refractivity contribution in [1.82, 2.24) is 4.98 Å². The summed E-state index contributed by atoms with van der Waals surface area (Å²) >= 11 is 13.1. The van der Waals surface area contributed by atoms with Gasteiger partial charge in [-0.3, -0.25) is 4.79 Å². The summed E-state index contributed by atoms with van der Waals surface area (Å²) in [6.45, 7) is 0. The number of carboxylic acids is 1. The van der Waals surface area contributed by atoms with Gasteiger partial charge in [0.25, 0.3) is 0 Å². The molecule has 0 radical (unpaired) electrons. The number of aliphatic carboxylic acids is 1. The number of hydrogen-bond donors (Lipinski definition) is 2. The highest BCUT2D eigenvalue weighted by Crippen LogP contribution is 2.29. The molecular weight excluding hydrogens is 295 g/mol. The van der Waals surface area contributed by atoms with Gasteiger partial charge in [0.1, 0.15) is 0 Å². The van der Waals surface area contributed by atoms with Gasteiger partial charge in [0.2, 0.25) is 0 Å². The Bertz CT molecular complexity index is 586. The molecule has 2 aromatic rings. The highest BCUT2D eigenvalue weighted by atomic mass is 35.5. The molecule has 2 N–H and O–H groups in total. The molecule has 0 atom stereocenters. The van der Waals surface area contributed by atoms with E-state index < -0.39 is 5.97 Å². The average Bonchev–Trinajstić information content (AvgIpc) is 2.69. The lowest BCUT2D eigenvalue weighted by molar-refractivity contribution is -0.136. The van der Waals surface area contributed by atoms with Crippen molar-refractivity contribution in [3.05, 3.63) is 39.3 Å². The summed E-state index contributed by atoms with van der Waals surface area (Å²) < 4.78 is 0. The Labute approximate surface area is 117 Å². The number of carboxylic acid groups (broad SMARTS) is 1. The molecule has 1 aromatic heterocycles. The van der Waals surface area contributed by atoms with E-state index in [4.69, 9.17) is 28.3 Å². The number of rotatable bonds is 4. The zero-order valence-electron chi connectivity index (χ0n) is 8.98. The van der Waals surface area contributed by atoms with Crippen molar-refractivity contribution < 1.29 is 9.90 Å². The van der Waals surface area contributed by atoms with Gasteiger partial charge in [-0.25, -0.2) is 4.98 Å². The molecule has 0 aliphatic rings. The van der Waals surface area contributed by atoms with Crippen molar-refractivity contribution in [1.29, 1.82) is 0 Å². The smallest absolute Gasteiger partial charge is 0.309 e. The van der Waals surface area contributed by atoms with Crippen LogP contribution in [-0.2, 0) is 11.2 Å². The van der Waals surface area contributed by atoms with Crippen LogP contribution in [0, 0.1) is 0 Å². The number of thiazole rings is 1. The van der Waals surface area contributed by atoms with Gasteiger partial charge in [-0.15, -0.1) is 11.3 Å². The quantitative estimate of drug-likeness (QED) is 0.901. The molecule has 0 spiro atoms. The number of benzene rings is 1. The van der Waals surface area contributed by atoms with Crippen LogP contribution in [0.3, 0.4) is 0 Å². The molecule has 4 nitrogen and oxygen atoms in total. The van der Waals surface area contributed by atoms with Gasteiger partial charge in [0.05, 0.1) is 22.8 Å². The Hall–Kier alpha value is -1.30. The van der Waals surface area contributed by atoms with E-state index in [-0.39, 0.29) is 6.42 Å². The highest BCUT2D eigenvalue weighted by molar-refractivity contribution is 7.13. The van der Waals surface area contributed by atoms with E-state index in [9.17, 15) is 4.79 Å². The summed E-state index contributed by atoms with van der Waals surface area (Å²) in [6, 6.07) is 5.07. The summed E-state index contributed by atoms with van der Waals surface area (Å²) in [5.74, 6) is -0.906. The average molecular weight is 303 g/mol. The molecule has 0 bridgehead atoms. The first-order valence-corrected chi connectivity index (χ1v) is 6.56. The summed E-state index contributed by atoms with van der Waals surface area (Å²) in [6.07, 6.45) is -0.0907. The van der Waals surface area contributed by atoms with Crippen molar-refractivity contribution in [2.75, 3.05) is 5.32 Å². The minimum Gasteiger partial charge on any atom is -0.481 e. The van der Waals surface area contributed by atoms with Gasteiger partial charge in [-0.2, -0.15) is 0 Å². The van der Waals surface area contributed by atoms with E-state index in [0.717, 1.165) is 0 Å². The van der Waals surface area contributed by atoms with E-state index in [2.05, 4.69) is 10.3 Å². The standard InChI is InChI=1S/C11H8Cl2N2O2S/c12-6-1-2-9(8(13)3-6)15-11-14-7(5-18-11)4-10(16)17/h1-3,5H,4H2,(H,14,15)(H,16,17). The van der Waals surface area contributed by atoms with E-state index >= 15 is 0 Å². The molecule has 0 saturated heterocycles. The van der Waals surface area contributed by atoms with E-state index in [1.54, 1.807) is 23.6 Å². The minimum atomic E-state index is -0.906. The molecule has 2 rings (SSSR count). The van der Waals surface area contributed by atoms with Gasteiger partial charge in [-0.05, 0) is 18.2 Å². The maximum Gasteiger partial charge on any atom is 0.309 e. The van der Waals surface area contributed by atoms with E-state index in [1.165, 1.54) is 11.3 Å². The first kappa shape index (κ1) is 13.1. The molecule has 1 heterocycles. The molecule has 1 aromatic carbocycles. The van der Waals surface area contributed by atoms with Crippen LogP contribution in [0.1, 0.15) is 5.69 Å². The Balaban J connectivity index is 2.13. The molecule has 0 unspecified atom stereocenters. The van der Waals surface area contributed by atoms with Gasteiger partial charge in [-0.1, -0.05) is 23.2 Å². The second kappa shape index (κ2) is 5.56. The van der Waals surface area contributed by atoms with Gasteiger partial charge in [0, 0.05) is 10.4 Å². The van der Waals surface area contributed by atoms with E-state index in [1.807, 2.05) is 0 Å². The topological polar surface area (TPSA) is 62.2 Å². The minimum absolute atomic E-state index is 0.0907. The van der Waals surface area contributed by atoms with Crippen molar-refractivity contribution >= 4 is 51.3 Å². The third-order valence-electron chi connectivity index (χ3n) is 2.06. The second-order valence-electron chi connectivity index (χ2n) is 3.46. The lowest BCUT2D eigenvalue weighted by atomic mass is 10.3. The maximum atomic E-state index is 10.5. The monoisotopic (exact) mass is 302 g/mol. The third kappa shape index (κ3) is 3.35. The number of nitrogens with zero attached hydrogens (tertiary/aromatic N) is 1. The molecular formula is C11H8Cl2N2O2S. The number of nitrogens with one attached hydrogen (secondary N) is 1. The SMILES string of the molecule is O=C(O)Cc1csc(Nc2ccc(Cl)cc2Cl)n1. The lowest BCUT2D eigenvalue weighted by Crippen LogP contribution is -2.00. The van der Waals surface area contributed by atoms with Crippen LogP contribution in [0.15, 0.2) is 23.6 Å². The summed E-state index contributed by atoms with van der Waals surface area (Å²) in [5.41, 5.74) is 1.19. The fraction of sp³-hybridized carbons (Fsp3) is 0.0909. The number of aromatic nitrogens is 1. The van der Waals surface area contributed by atoms with Gasteiger partial charge >= 0.3 is 5.97 Å². The summed E-state index contributed by atoms with van der Waals surface area (Å²) in [5, 5.41) is 15.0. The Kier molecular flexibility index (Phi) is 4.06. The van der Waals surface area contributed by atoms with Crippen molar-refractivity contribution in [2.24, 2.45) is 0 Å². The van der Waals surface area contributed by atoms with Gasteiger partial charge < -0.3 is 10.4 Å². The largest absolute Gasteiger partial charge is 0.481 e. The first-order chi connectivity index (χ1) is 8.54. The van der Waals surface area contributed by atoms with E-state index in [0.29, 0.717) is 26.6 Å². The maximum absolute atomic E-state index is 10.5. The second-order valence-corrected chi connectivity index (χ2v) is 5.17. The number of halogens is 2. The van der Waals surface area contributed by atoms with Crippen LogP contribution in [0.25, 0.3) is 0 Å². The lowest BCUT2D eigenvalue weighted by Gasteiger charge is -2.04. The van der Waals surface area contributed by atoms with Crippen LogP contribution in [0.5, 0.6) is 0 Å². The third-order valence-corrected chi connectivity index (χ3v) is 3.41. The van der Waals surface area contributed by atoms with Crippen molar-refractivity contribution in [2.45, 2.75) is 6.42 Å². The molecule has 0 aliphatic heterocycles. The predicted molar refractivity (Wildman–Crippen MR) is 73.2 cm³/mol. The van der Waals surface area contributed by atoms with Crippen molar-refractivity contribution in [3.63, 3.8) is 0 Å². The number of hydrogen-bond acceptors (Lipinski definition) is 4. The molecule has 7 heteroatoms. The molecule has 0 aliphatic carbocycles. The summed E-state index contributed by atoms with van der Waals surface area (Å²) in [4.78, 5) is 14.7. The van der Waals surface area contributed by atoms with Gasteiger partial charge in [0.15, 0.2) is 5.13 Å². The van der Waals surface area contributed by atoms with Crippen LogP contribution in [0.2, 0.25) is 10.0 Å². The Morgan fingerprint density at radius 3 is 2.89 bits per heavy atom. The van der Waals surface area contributed by atoms with Crippen LogP contribution in [-0.4, -0.2) is 16.1 Å². The normalized spacial score (nSPS) is 10.3. The zero-order chi connectivity index (χ0) is 13.1. The highest BCUT2D eigenvalue weighted by Gasteiger charge is 2.08. The fourth-order valence-corrected chi connectivity index (χ4v) is 2.48. The predicted octanol–water partition coefficient (Wildman–Crippen LogP) is 3.82. The fourth-order valence-electron chi connectivity index (χ4n) is 1.31. The summed E-state index contributed by atoms with van der Waals surface area (Å²) in [7, 11) is 0. The molecule has 0 saturated carbocycles. The molecule has 94 valence electrons. The Morgan fingerprint density at radius 1 is 1.44 bits per heavy atom. The van der Waals surface area contributed by atoms with Crippen LogP contribution >= 0.6 is 34.5 Å². The zero-order valence-corrected chi connectivity index (χ0v) is 11.3. The first-order valence-electron chi connectivity index (χ1n) is 4.93. The van der Waals surface area contributed by atoms with Crippen LogP contribution < -0.4 is 5.32 Å². The van der Waals surface area contributed by atoms with Crippen molar-refractivity contribution in [3.8, 4) is 0 Å².